The van der Waals surface area contributed by atoms with Crippen LogP contribution in [0.15, 0.2) is 35.1 Å². The summed E-state index contributed by atoms with van der Waals surface area (Å²) >= 11 is 13.0. The maximum Gasteiger partial charge on any atom is 0.302 e. The van der Waals surface area contributed by atoms with E-state index in [4.69, 9.17) is 27.9 Å². The number of aromatic nitrogens is 2. The van der Waals surface area contributed by atoms with Gasteiger partial charge in [0, 0.05) is 37.9 Å². The molecule has 2 aromatic carbocycles. The lowest BCUT2D eigenvalue weighted by Crippen LogP contribution is -2.27. The number of rotatable bonds is 6. The van der Waals surface area contributed by atoms with Gasteiger partial charge in [-0.1, -0.05) is 43.1 Å². The molecule has 1 amide bonds. The fourth-order valence-corrected chi connectivity index (χ4v) is 4.54. The summed E-state index contributed by atoms with van der Waals surface area (Å²) in [5, 5.41) is 4.12. The van der Waals surface area contributed by atoms with Crippen LogP contribution in [0.3, 0.4) is 0 Å². The van der Waals surface area contributed by atoms with Crippen LogP contribution in [0.1, 0.15) is 32.8 Å². The molecule has 0 bridgehead atoms. The third-order valence-electron chi connectivity index (χ3n) is 5.87. The Hall–Kier alpha value is -3.10. The van der Waals surface area contributed by atoms with Gasteiger partial charge in [0.05, 0.1) is 33.2 Å². The minimum Gasteiger partial charge on any atom is -0.461 e. The molecular formula is C25H26Cl2N4O4. The lowest BCUT2D eigenvalue weighted by molar-refractivity contribution is -0.145. The van der Waals surface area contributed by atoms with Gasteiger partial charge in [-0.2, -0.15) is 0 Å². The van der Waals surface area contributed by atoms with Crippen molar-refractivity contribution in [2.45, 2.75) is 39.8 Å². The zero-order valence-electron chi connectivity index (χ0n) is 19.7. The Kier molecular flexibility index (Phi) is 7.33. The first-order valence-electron chi connectivity index (χ1n) is 11.3. The van der Waals surface area contributed by atoms with Crippen LogP contribution in [0.25, 0.3) is 22.3 Å². The molecule has 1 aromatic heterocycles. The Labute approximate surface area is 212 Å². The molecule has 2 heterocycles. The van der Waals surface area contributed by atoms with Gasteiger partial charge in [-0.3, -0.25) is 14.4 Å². The maximum atomic E-state index is 13.0. The number of ether oxygens (including phenoxy) is 1. The molecule has 0 unspecified atom stereocenters. The molecule has 10 heteroatoms. The van der Waals surface area contributed by atoms with Crippen molar-refractivity contribution in [2.75, 3.05) is 18.0 Å². The third kappa shape index (κ3) is 5.60. The van der Waals surface area contributed by atoms with Crippen LogP contribution < -0.4 is 15.8 Å². The second-order valence-corrected chi connectivity index (χ2v) is 9.70. The highest BCUT2D eigenvalue weighted by Gasteiger charge is 2.27. The number of halogens is 2. The number of carbonyl (C=O) groups excluding carboxylic acids is 2. The minimum absolute atomic E-state index is 0.0543. The van der Waals surface area contributed by atoms with Crippen molar-refractivity contribution in [3.8, 4) is 11.4 Å². The zero-order chi connectivity index (χ0) is 25.3. The van der Waals surface area contributed by atoms with Crippen LogP contribution in [-0.4, -0.2) is 41.0 Å². The Morgan fingerprint density at radius 1 is 1.23 bits per heavy atom. The molecule has 0 saturated carbocycles. The third-order valence-corrected chi connectivity index (χ3v) is 6.50. The van der Waals surface area contributed by atoms with E-state index < -0.39 is 0 Å². The molecule has 1 atom stereocenters. The van der Waals surface area contributed by atoms with Crippen LogP contribution in [-0.2, 0) is 20.9 Å². The van der Waals surface area contributed by atoms with E-state index in [1.807, 2.05) is 24.8 Å². The Bertz CT molecular complexity index is 1360. The SMILES string of the molecule is CC(=O)O[C@@H]1CCN(c2cc3c(=O)[nH]c(-c4cc(CNC(=O)C(C)C)ccc4Cl)nc3cc2Cl)C1. The van der Waals surface area contributed by atoms with Crippen molar-refractivity contribution in [3.63, 3.8) is 0 Å². The summed E-state index contributed by atoms with van der Waals surface area (Å²) in [6.07, 6.45) is 0.478. The van der Waals surface area contributed by atoms with Crippen LogP contribution in [0.5, 0.6) is 0 Å². The van der Waals surface area contributed by atoms with E-state index in [-0.39, 0.29) is 29.5 Å². The van der Waals surface area contributed by atoms with E-state index in [1.165, 1.54) is 6.92 Å². The summed E-state index contributed by atoms with van der Waals surface area (Å²) in [6.45, 7) is 6.53. The summed E-state index contributed by atoms with van der Waals surface area (Å²) in [6, 6.07) is 8.69. The number of carbonyl (C=O) groups is 2. The molecule has 0 radical (unpaired) electrons. The second kappa shape index (κ2) is 10.3. The Balaban J connectivity index is 1.65. The zero-order valence-corrected chi connectivity index (χ0v) is 21.2. The molecule has 0 aliphatic carbocycles. The maximum absolute atomic E-state index is 13.0. The molecule has 4 rings (SSSR count). The van der Waals surface area contributed by atoms with E-state index in [1.54, 1.807) is 24.3 Å². The fourth-order valence-electron chi connectivity index (χ4n) is 4.05. The van der Waals surface area contributed by atoms with Gasteiger partial charge in [0.2, 0.25) is 5.91 Å². The molecule has 1 aliphatic rings. The lowest BCUT2D eigenvalue weighted by atomic mass is 10.1. The molecule has 35 heavy (non-hydrogen) atoms. The topological polar surface area (TPSA) is 104 Å². The molecule has 0 spiro atoms. The number of anilines is 1. The van der Waals surface area contributed by atoms with Crippen molar-refractivity contribution >= 4 is 51.7 Å². The molecule has 3 aromatic rings. The van der Waals surface area contributed by atoms with Crippen LogP contribution in [0.2, 0.25) is 10.0 Å². The summed E-state index contributed by atoms with van der Waals surface area (Å²) in [4.78, 5) is 45.6. The number of hydrogen-bond acceptors (Lipinski definition) is 6. The first-order chi connectivity index (χ1) is 16.6. The highest BCUT2D eigenvalue weighted by Crippen LogP contribution is 2.33. The number of esters is 1. The molecular weight excluding hydrogens is 491 g/mol. The number of H-pyrrole nitrogens is 1. The van der Waals surface area contributed by atoms with E-state index in [2.05, 4.69) is 15.3 Å². The van der Waals surface area contributed by atoms with Crippen LogP contribution in [0, 0.1) is 5.92 Å². The van der Waals surface area contributed by atoms with E-state index >= 15 is 0 Å². The van der Waals surface area contributed by atoms with Crippen molar-refractivity contribution in [2.24, 2.45) is 5.92 Å². The van der Waals surface area contributed by atoms with Crippen LogP contribution >= 0.6 is 23.2 Å². The van der Waals surface area contributed by atoms with E-state index in [0.717, 1.165) is 5.56 Å². The smallest absolute Gasteiger partial charge is 0.302 e. The van der Waals surface area contributed by atoms with Crippen molar-refractivity contribution in [3.05, 3.63) is 56.3 Å². The number of hydrogen-bond donors (Lipinski definition) is 2. The van der Waals surface area contributed by atoms with Crippen molar-refractivity contribution in [1.82, 2.24) is 15.3 Å². The van der Waals surface area contributed by atoms with E-state index in [0.29, 0.717) is 64.1 Å². The van der Waals surface area contributed by atoms with Gasteiger partial charge in [-0.05, 0) is 29.8 Å². The van der Waals surface area contributed by atoms with Crippen LogP contribution in [0.4, 0.5) is 5.69 Å². The number of aromatic amines is 1. The van der Waals surface area contributed by atoms with Crippen molar-refractivity contribution in [1.29, 1.82) is 0 Å². The predicted molar refractivity (Wildman–Crippen MR) is 137 cm³/mol. The Morgan fingerprint density at radius 2 is 2.00 bits per heavy atom. The summed E-state index contributed by atoms with van der Waals surface area (Å²) in [7, 11) is 0. The fraction of sp³-hybridized carbons (Fsp3) is 0.360. The van der Waals surface area contributed by atoms with Gasteiger partial charge in [-0.15, -0.1) is 0 Å². The van der Waals surface area contributed by atoms with Crippen molar-refractivity contribution < 1.29 is 14.3 Å². The second-order valence-electron chi connectivity index (χ2n) is 8.89. The molecule has 184 valence electrons. The average molecular weight is 517 g/mol. The molecule has 1 saturated heterocycles. The summed E-state index contributed by atoms with van der Waals surface area (Å²) in [5.41, 5.74) is 2.17. The molecule has 1 aliphatic heterocycles. The number of nitrogens with one attached hydrogen (secondary N) is 2. The van der Waals surface area contributed by atoms with Gasteiger partial charge in [0.1, 0.15) is 11.9 Å². The normalized spacial score (nSPS) is 15.6. The minimum atomic E-state index is -0.326. The molecule has 2 N–H and O–H groups in total. The average Bonchev–Trinajstić information content (AvgIpc) is 3.25. The predicted octanol–water partition coefficient (Wildman–Crippen LogP) is 4.31. The molecule has 8 nitrogen and oxygen atoms in total. The molecule has 1 fully saturated rings. The van der Waals surface area contributed by atoms with Gasteiger partial charge in [-0.25, -0.2) is 4.98 Å². The summed E-state index contributed by atoms with van der Waals surface area (Å²) < 4.78 is 5.30. The standard InChI is InChI=1S/C25H26Cl2N4O4/c1-13(2)24(33)28-11-15-4-5-19(26)17(8-15)23-29-21-10-20(27)22(9-18(21)25(34)30-23)31-7-6-16(12-31)35-14(3)32/h4-5,8-10,13,16H,6-7,11-12H2,1-3H3,(H,28,33)(H,29,30,34)/t16-/m1/s1. The Morgan fingerprint density at radius 3 is 2.71 bits per heavy atom. The number of amides is 1. The quantitative estimate of drug-likeness (QED) is 0.473. The number of fused-ring (bicyclic) bond motifs is 1. The monoisotopic (exact) mass is 516 g/mol. The first kappa shape index (κ1) is 25.0. The highest BCUT2D eigenvalue weighted by molar-refractivity contribution is 6.34. The van der Waals surface area contributed by atoms with E-state index in [9.17, 15) is 14.4 Å². The summed E-state index contributed by atoms with van der Waals surface area (Å²) in [5.74, 6) is -0.187. The first-order valence-corrected chi connectivity index (χ1v) is 12.1. The van der Waals surface area contributed by atoms with Gasteiger partial charge in [0.15, 0.2) is 0 Å². The van der Waals surface area contributed by atoms with Gasteiger partial charge < -0.3 is 19.9 Å². The number of nitrogens with zero attached hydrogens (tertiary/aromatic N) is 2. The number of benzene rings is 2. The highest BCUT2D eigenvalue weighted by atomic mass is 35.5. The lowest BCUT2D eigenvalue weighted by Gasteiger charge is -2.20. The van der Waals surface area contributed by atoms with Gasteiger partial charge >= 0.3 is 5.97 Å². The largest absolute Gasteiger partial charge is 0.461 e. The van der Waals surface area contributed by atoms with Gasteiger partial charge in [0.25, 0.3) is 5.56 Å².